The summed E-state index contributed by atoms with van der Waals surface area (Å²) in [4.78, 5) is 44.8. The van der Waals surface area contributed by atoms with Gasteiger partial charge in [0.25, 0.3) is 0 Å². The third-order valence-electron chi connectivity index (χ3n) is 16.9. The molecule has 3 saturated heterocycles. The highest BCUT2D eigenvalue weighted by Gasteiger charge is 2.46. The molecule has 3 fully saturated rings. The van der Waals surface area contributed by atoms with Crippen molar-refractivity contribution >= 4 is 25.5 Å². The molecule has 3 aliphatic rings. The molecule has 9 rings (SSSR count). The van der Waals surface area contributed by atoms with Crippen LogP contribution < -0.4 is 0 Å². The van der Waals surface area contributed by atoms with Crippen LogP contribution in [0.2, 0.25) is 0 Å². The topological polar surface area (TPSA) is 106 Å². The van der Waals surface area contributed by atoms with E-state index in [1.54, 1.807) is 14.7 Å². The molecule has 3 aliphatic heterocycles. The van der Waals surface area contributed by atoms with Crippen LogP contribution in [0.3, 0.4) is 0 Å². The number of hydrogen-bond acceptors (Lipinski definition) is 7. The van der Waals surface area contributed by atoms with Crippen LogP contribution in [0.1, 0.15) is 152 Å². The van der Waals surface area contributed by atoms with E-state index in [4.69, 9.17) is 13.6 Å². The van der Waals surface area contributed by atoms with Gasteiger partial charge in [-0.05, 0) is 108 Å². The van der Waals surface area contributed by atoms with Gasteiger partial charge in [-0.25, -0.2) is 4.57 Å². The van der Waals surface area contributed by atoms with Gasteiger partial charge in [-0.3, -0.25) is 28.0 Å². The van der Waals surface area contributed by atoms with Gasteiger partial charge in [-0.1, -0.05) is 241 Å². The lowest BCUT2D eigenvalue weighted by Gasteiger charge is -2.45. The molecule has 0 N–H and O–H groups in total. The Morgan fingerprint density at radius 3 is 0.771 bits per heavy atom. The highest BCUT2D eigenvalue weighted by atomic mass is 31.2. The Labute approximate surface area is 495 Å². The summed E-state index contributed by atoms with van der Waals surface area (Å²) in [6.45, 7) is 1.99. The number of phosphoric acid groups is 1. The molecular weight excluding hydrogens is 1050 g/mol. The van der Waals surface area contributed by atoms with Crippen molar-refractivity contribution in [3.63, 3.8) is 0 Å². The van der Waals surface area contributed by atoms with Crippen LogP contribution >= 0.6 is 7.82 Å². The number of aryl methyl sites for hydroxylation is 3. The first-order chi connectivity index (χ1) is 40.7. The summed E-state index contributed by atoms with van der Waals surface area (Å²) in [5.41, 5.74) is 11.6. The van der Waals surface area contributed by atoms with Crippen LogP contribution in [0.25, 0.3) is 33.4 Å². The standard InChI is InChI=1S/C72H90N3O7P/c76-70(37-25-10-4-1-7-16-28-58-40-46-64(47-41-58)61-31-19-13-20-32-61)73-52-67(53-73)80-83(79,81-68-54-74(55-68)71(77)38-26-11-5-2-8-17-29-59-42-48-65(49-43-59)62-33-21-14-22-34-62)82-69-56-75(57-69)72(78)39-27-12-6-3-9-18-30-60-44-50-66(51-45-60)63-35-23-15-24-36-63/h13-15,19-24,31-36,40-51,67-69H,1-12,16-18,25-30,37-39,52-57H2. The fourth-order valence-corrected chi connectivity index (χ4v) is 13.3. The zero-order chi connectivity index (χ0) is 57.3. The summed E-state index contributed by atoms with van der Waals surface area (Å²) in [5.74, 6) is 0.261. The Balaban J connectivity index is 0.636. The Morgan fingerprint density at radius 2 is 0.518 bits per heavy atom. The summed E-state index contributed by atoms with van der Waals surface area (Å²) < 4.78 is 32.9. The molecule has 3 heterocycles. The summed E-state index contributed by atoms with van der Waals surface area (Å²) >= 11 is 0. The zero-order valence-electron chi connectivity index (χ0n) is 49.2. The van der Waals surface area contributed by atoms with Crippen molar-refractivity contribution in [1.82, 2.24) is 14.7 Å². The minimum absolute atomic E-state index is 0.0869. The molecule has 0 radical (unpaired) electrons. The van der Waals surface area contributed by atoms with Crippen LogP contribution in [-0.2, 0) is 51.8 Å². The predicted molar refractivity (Wildman–Crippen MR) is 336 cm³/mol. The maximum atomic E-state index is 14.5. The lowest BCUT2D eigenvalue weighted by atomic mass is 10.0. The quantitative estimate of drug-likeness (QED) is 0.0285. The van der Waals surface area contributed by atoms with E-state index in [9.17, 15) is 18.9 Å². The third kappa shape index (κ3) is 20.0. The fraction of sp³-hybridized carbons (Fsp3) is 0.458. The second-order valence-electron chi connectivity index (χ2n) is 23.6. The first kappa shape index (κ1) is 61.4. The van der Waals surface area contributed by atoms with E-state index in [2.05, 4.69) is 146 Å². The Bertz CT molecular complexity index is 2590. The van der Waals surface area contributed by atoms with Crippen LogP contribution in [0.5, 0.6) is 0 Å². The number of likely N-dealkylation sites (tertiary alicyclic amines) is 3. The molecule has 6 aromatic carbocycles. The monoisotopic (exact) mass is 1140 g/mol. The van der Waals surface area contributed by atoms with Gasteiger partial charge >= 0.3 is 7.82 Å². The minimum atomic E-state index is -4.09. The van der Waals surface area contributed by atoms with Gasteiger partial charge in [0.1, 0.15) is 18.3 Å². The predicted octanol–water partition coefficient (Wildman–Crippen LogP) is 16.7. The molecule has 0 aromatic heterocycles. The molecular formula is C72H90N3O7P. The van der Waals surface area contributed by atoms with Crippen LogP contribution in [0, 0.1) is 0 Å². The number of amides is 3. The maximum absolute atomic E-state index is 14.5. The molecule has 0 saturated carbocycles. The number of hydrogen-bond donors (Lipinski definition) is 0. The zero-order valence-corrected chi connectivity index (χ0v) is 50.1. The lowest BCUT2D eigenvalue weighted by molar-refractivity contribution is -0.147. The van der Waals surface area contributed by atoms with E-state index < -0.39 is 26.1 Å². The van der Waals surface area contributed by atoms with E-state index in [1.807, 2.05) is 18.2 Å². The molecule has 440 valence electrons. The smallest absolute Gasteiger partial charge is 0.337 e. The van der Waals surface area contributed by atoms with E-state index >= 15 is 0 Å². The van der Waals surface area contributed by atoms with Crippen LogP contribution in [0.4, 0.5) is 0 Å². The lowest BCUT2D eigenvalue weighted by Crippen LogP contribution is -2.57. The van der Waals surface area contributed by atoms with Gasteiger partial charge in [0.2, 0.25) is 17.7 Å². The molecule has 0 atom stereocenters. The highest BCUT2D eigenvalue weighted by Crippen LogP contribution is 2.55. The largest absolute Gasteiger partial charge is 0.475 e. The average molecular weight is 1140 g/mol. The van der Waals surface area contributed by atoms with Crippen LogP contribution in [0.15, 0.2) is 164 Å². The van der Waals surface area contributed by atoms with Crippen molar-refractivity contribution < 1.29 is 32.5 Å². The summed E-state index contributed by atoms with van der Waals surface area (Å²) in [5, 5.41) is 0. The molecule has 0 bridgehead atoms. The third-order valence-corrected chi connectivity index (χ3v) is 18.6. The van der Waals surface area contributed by atoms with Gasteiger partial charge in [-0.15, -0.1) is 0 Å². The van der Waals surface area contributed by atoms with E-state index in [0.29, 0.717) is 58.5 Å². The Kier molecular flexibility index (Phi) is 24.2. The summed E-state index contributed by atoms with van der Waals surface area (Å²) in [6, 6.07) is 58.2. The number of phosphoric ester groups is 1. The highest BCUT2D eigenvalue weighted by molar-refractivity contribution is 7.48. The first-order valence-electron chi connectivity index (χ1n) is 31.6. The average Bonchev–Trinajstić information content (AvgIpc) is 3.60. The number of unbranched alkanes of at least 4 members (excludes halogenated alkanes) is 15. The second kappa shape index (κ2) is 32.8. The number of carbonyl (C=O) groups excluding carboxylic acids is 3. The normalized spacial score (nSPS) is 14.8. The molecule has 0 unspecified atom stereocenters. The Morgan fingerprint density at radius 1 is 0.301 bits per heavy atom. The Hall–Kier alpha value is -6.16. The van der Waals surface area contributed by atoms with E-state index in [0.717, 1.165) is 116 Å². The summed E-state index contributed by atoms with van der Waals surface area (Å²) in [7, 11) is -4.09. The first-order valence-corrected chi connectivity index (χ1v) is 33.1. The van der Waals surface area contributed by atoms with Gasteiger partial charge in [0.15, 0.2) is 0 Å². The fourth-order valence-electron chi connectivity index (χ4n) is 11.6. The van der Waals surface area contributed by atoms with Gasteiger partial charge < -0.3 is 14.7 Å². The second-order valence-corrected chi connectivity index (χ2v) is 25.1. The van der Waals surface area contributed by atoms with Gasteiger partial charge in [0.05, 0.1) is 0 Å². The van der Waals surface area contributed by atoms with Crippen molar-refractivity contribution in [2.75, 3.05) is 39.3 Å². The number of carbonyl (C=O) groups is 3. The van der Waals surface area contributed by atoms with Gasteiger partial charge in [0, 0.05) is 58.5 Å². The van der Waals surface area contributed by atoms with E-state index in [1.165, 1.54) is 69.3 Å². The SMILES string of the molecule is O=C(CCCCCCCCc1ccc(-c2ccccc2)cc1)N1CC(OP(=O)(OC2CN(C(=O)CCCCCCCCc3ccc(-c4ccccc4)cc3)C2)OC2CN(C(=O)CCCCCCCCc3ccc(-c4ccccc4)cc3)C2)C1. The van der Waals surface area contributed by atoms with Crippen molar-refractivity contribution in [2.45, 2.75) is 172 Å². The minimum Gasteiger partial charge on any atom is -0.337 e. The van der Waals surface area contributed by atoms with E-state index in [-0.39, 0.29) is 17.7 Å². The number of nitrogens with zero attached hydrogens (tertiary/aromatic N) is 3. The van der Waals surface area contributed by atoms with Crippen molar-refractivity contribution in [1.29, 1.82) is 0 Å². The van der Waals surface area contributed by atoms with Crippen LogP contribution in [-0.4, -0.2) is 90.0 Å². The molecule has 0 spiro atoms. The molecule has 0 aliphatic carbocycles. The molecule has 11 heteroatoms. The maximum Gasteiger partial charge on any atom is 0.475 e. The molecule has 83 heavy (non-hydrogen) atoms. The van der Waals surface area contributed by atoms with Crippen molar-refractivity contribution in [2.24, 2.45) is 0 Å². The molecule has 6 aromatic rings. The number of rotatable bonds is 36. The van der Waals surface area contributed by atoms with Crippen molar-refractivity contribution in [3.8, 4) is 33.4 Å². The molecule has 3 amide bonds. The van der Waals surface area contributed by atoms with Crippen molar-refractivity contribution in [3.05, 3.63) is 180 Å². The number of benzene rings is 6. The summed E-state index contributed by atoms with van der Waals surface area (Å²) in [6.07, 6.45) is 22.7. The molecule has 10 nitrogen and oxygen atoms in total. The van der Waals surface area contributed by atoms with Gasteiger partial charge in [-0.2, -0.15) is 0 Å².